The highest BCUT2D eigenvalue weighted by Gasteiger charge is 2.13. The summed E-state index contributed by atoms with van der Waals surface area (Å²) in [5.74, 6) is -0.288. The molecule has 0 saturated heterocycles. The van der Waals surface area contributed by atoms with Gasteiger partial charge in [0.2, 0.25) is 0 Å². The SMILES string of the molecule is Cc1cc(-n2c(C)cc(/C=C/C(=O)OCC(=O)c3cccc(F)c3)c2C)no1. The fraction of sp³-hybridized carbons (Fsp3) is 0.190. The Morgan fingerprint density at radius 3 is 2.68 bits per heavy atom. The van der Waals surface area contributed by atoms with Crippen molar-refractivity contribution in [2.75, 3.05) is 6.61 Å². The Morgan fingerprint density at radius 2 is 2.00 bits per heavy atom. The Balaban J connectivity index is 1.65. The molecule has 0 unspecified atom stereocenters. The van der Waals surface area contributed by atoms with E-state index in [1.807, 2.05) is 37.5 Å². The van der Waals surface area contributed by atoms with E-state index >= 15 is 0 Å². The van der Waals surface area contributed by atoms with Crippen LogP contribution in [0, 0.1) is 26.6 Å². The minimum atomic E-state index is -0.660. The van der Waals surface area contributed by atoms with Crippen LogP contribution in [0.5, 0.6) is 0 Å². The number of halogens is 1. The van der Waals surface area contributed by atoms with Crippen LogP contribution in [0.15, 0.2) is 47.0 Å². The number of Topliss-reactive ketones (excluding diaryl/α,β-unsaturated/α-hetero) is 1. The van der Waals surface area contributed by atoms with E-state index in [9.17, 15) is 14.0 Å². The summed E-state index contributed by atoms with van der Waals surface area (Å²) in [4.78, 5) is 23.9. The molecule has 0 spiro atoms. The standard InChI is InChI=1S/C21H19FN2O4/c1-13-9-16(15(3)24(13)20-10-14(2)28-23-20)7-8-21(26)27-12-19(25)17-5-4-6-18(22)11-17/h4-11H,12H2,1-3H3/b8-7+. The maximum Gasteiger partial charge on any atom is 0.331 e. The van der Waals surface area contributed by atoms with Gasteiger partial charge in [0.15, 0.2) is 18.2 Å². The average Bonchev–Trinajstić information content (AvgIpc) is 3.20. The fourth-order valence-electron chi connectivity index (χ4n) is 2.86. The van der Waals surface area contributed by atoms with Gasteiger partial charge in [0.25, 0.3) is 0 Å². The van der Waals surface area contributed by atoms with Crippen LogP contribution in [0.1, 0.15) is 33.1 Å². The first kappa shape index (κ1) is 19.3. The molecule has 0 N–H and O–H groups in total. The Kier molecular flexibility index (Phi) is 5.54. The number of benzene rings is 1. The molecular formula is C21H19FN2O4. The van der Waals surface area contributed by atoms with Crippen molar-refractivity contribution in [2.24, 2.45) is 0 Å². The lowest BCUT2D eigenvalue weighted by atomic mass is 10.1. The molecule has 0 saturated carbocycles. The van der Waals surface area contributed by atoms with Gasteiger partial charge in [0, 0.05) is 29.1 Å². The van der Waals surface area contributed by atoms with Gasteiger partial charge in [-0.3, -0.25) is 9.36 Å². The molecule has 144 valence electrons. The van der Waals surface area contributed by atoms with Crippen LogP contribution in [0.3, 0.4) is 0 Å². The van der Waals surface area contributed by atoms with Crippen molar-refractivity contribution < 1.29 is 23.2 Å². The highest BCUT2D eigenvalue weighted by atomic mass is 19.1. The van der Waals surface area contributed by atoms with Crippen molar-refractivity contribution in [3.8, 4) is 5.82 Å². The van der Waals surface area contributed by atoms with E-state index in [0.717, 1.165) is 23.0 Å². The van der Waals surface area contributed by atoms with Crippen LogP contribution in [0.25, 0.3) is 11.9 Å². The number of nitrogens with zero attached hydrogens (tertiary/aromatic N) is 2. The summed E-state index contributed by atoms with van der Waals surface area (Å²) in [6, 6.07) is 8.96. The second-order valence-electron chi connectivity index (χ2n) is 6.33. The van der Waals surface area contributed by atoms with Gasteiger partial charge >= 0.3 is 5.97 Å². The van der Waals surface area contributed by atoms with Gasteiger partial charge in [-0.2, -0.15) is 0 Å². The Hall–Kier alpha value is -3.48. The van der Waals surface area contributed by atoms with Crippen molar-refractivity contribution in [2.45, 2.75) is 20.8 Å². The molecule has 7 heteroatoms. The Bertz CT molecular complexity index is 1060. The highest BCUT2D eigenvalue weighted by molar-refractivity contribution is 5.98. The van der Waals surface area contributed by atoms with E-state index in [1.54, 1.807) is 6.08 Å². The van der Waals surface area contributed by atoms with Gasteiger partial charge in [0.05, 0.1) is 0 Å². The lowest BCUT2D eigenvalue weighted by Crippen LogP contribution is -2.12. The number of hydrogen-bond donors (Lipinski definition) is 0. The van der Waals surface area contributed by atoms with E-state index in [2.05, 4.69) is 5.16 Å². The maximum absolute atomic E-state index is 13.1. The van der Waals surface area contributed by atoms with E-state index in [0.29, 0.717) is 11.6 Å². The molecule has 28 heavy (non-hydrogen) atoms. The molecule has 3 aromatic rings. The van der Waals surface area contributed by atoms with Crippen LogP contribution >= 0.6 is 0 Å². The largest absolute Gasteiger partial charge is 0.454 e. The maximum atomic E-state index is 13.1. The number of carbonyl (C=O) groups excluding carboxylic acids is 2. The smallest absolute Gasteiger partial charge is 0.331 e. The van der Waals surface area contributed by atoms with E-state index < -0.39 is 24.2 Å². The zero-order valence-corrected chi connectivity index (χ0v) is 15.7. The minimum absolute atomic E-state index is 0.156. The highest BCUT2D eigenvalue weighted by Crippen LogP contribution is 2.21. The van der Waals surface area contributed by atoms with Gasteiger partial charge < -0.3 is 9.26 Å². The molecule has 3 rings (SSSR count). The number of ketones is 1. The second-order valence-corrected chi connectivity index (χ2v) is 6.33. The van der Waals surface area contributed by atoms with Gasteiger partial charge in [-0.25, -0.2) is 9.18 Å². The monoisotopic (exact) mass is 382 g/mol. The Morgan fingerprint density at radius 1 is 1.21 bits per heavy atom. The quantitative estimate of drug-likeness (QED) is 0.366. The normalized spacial score (nSPS) is 11.1. The molecule has 0 amide bonds. The first-order valence-electron chi connectivity index (χ1n) is 8.61. The molecule has 0 aliphatic carbocycles. The summed E-state index contributed by atoms with van der Waals surface area (Å²) < 4.78 is 25.1. The third kappa shape index (κ3) is 4.25. The van der Waals surface area contributed by atoms with Crippen LogP contribution in [0.4, 0.5) is 4.39 Å². The summed E-state index contributed by atoms with van der Waals surface area (Å²) in [5.41, 5.74) is 2.78. The summed E-state index contributed by atoms with van der Waals surface area (Å²) in [6.07, 6.45) is 2.86. The molecule has 6 nitrogen and oxygen atoms in total. The zero-order valence-electron chi connectivity index (χ0n) is 15.7. The third-order valence-corrected chi connectivity index (χ3v) is 4.21. The molecule has 0 atom stereocenters. The molecule has 0 aliphatic heterocycles. The van der Waals surface area contributed by atoms with Crippen LogP contribution in [0.2, 0.25) is 0 Å². The molecule has 0 fully saturated rings. The molecular weight excluding hydrogens is 363 g/mol. The fourth-order valence-corrected chi connectivity index (χ4v) is 2.86. The summed E-state index contributed by atoms with van der Waals surface area (Å²) in [5, 5.41) is 4.01. The van der Waals surface area contributed by atoms with Gasteiger partial charge in [-0.15, -0.1) is 0 Å². The van der Waals surface area contributed by atoms with Crippen molar-refractivity contribution in [1.29, 1.82) is 0 Å². The first-order valence-corrected chi connectivity index (χ1v) is 8.61. The molecule has 2 aromatic heterocycles. The minimum Gasteiger partial charge on any atom is -0.454 e. The number of ether oxygens (including phenoxy) is 1. The molecule has 0 aliphatic rings. The van der Waals surface area contributed by atoms with Gasteiger partial charge in [-0.1, -0.05) is 17.3 Å². The van der Waals surface area contributed by atoms with E-state index in [-0.39, 0.29) is 5.56 Å². The summed E-state index contributed by atoms with van der Waals surface area (Å²) in [7, 11) is 0. The first-order chi connectivity index (χ1) is 13.3. The van der Waals surface area contributed by atoms with E-state index in [1.165, 1.54) is 24.3 Å². The summed E-state index contributed by atoms with van der Waals surface area (Å²) in [6.45, 7) is 5.18. The predicted molar refractivity (Wildman–Crippen MR) is 101 cm³/mol. The number of hydrogen-bond acceptors (Lipinski definition) is 5. The number of esters is 1. The zero-order chi connectivity index (χ0) is 20.3. The third-order valence-electron chi connectivity index (χ3n) is 4.21. The lowest BCUT2D eigenvalue weighted by molar-refractivity contribution is -0.136. The number of aryl methyl sites for hydroxylation is 2. The molecule has 2 heterocycles. The van der Waals surface area contributed by atoms with Gasteiger partial charge in [-0.05, 0) is 50.6 Å². The lowest BCUT2D eigenvalue weighted by Gasteiger charge is -2.04. The van der Waals surface area contributed by atoms with Crippen molar-refractivity contribution in [3.63, 3.8) is 0 Å². The molecule has 0 bridgehead atoms. The van der Waals surface area contributed by atoms with Crippen molar-refractivity contribution in [1.82, 2.24) is 9.72 Å². The topological polar surface area (TPSA) is 74.3 Å². The average molecular weight is 382 g/mol. The van der Waals surface area contributed by atoms with Crippen molar-refractivity contribution >= 4 is 17.8 Å². The number of aromatic nitrogens is 2. The molecule has 1 aromatic carbocycles. The second kappa shape index (κ2) is 8.04. The predicted octanol–water partition coefficient (Wildman–Crippen LogP) is 3.97. The van der Waals surface area contributed by atoms with Crippen LogP contribution in [-0.4, -0.2) is 28.1 Å². The van der Waals surface area contributed by atoms with E-state index in [4.69, 9.17) is 9.26 Å². The number of rotatable bonds is 6. The number of carbonyl (C=O) groups is 2. The summed E-state index contributed by atoms with van der Waals surface area (Å²) >= 11 is 0. The van der Waals surface area contributed by atoms with Crippen LogP contribution in [-0.2, 0) is 9.53 Å². The van der Waals surface area contributed by atoms with Gasteiger partial charge in [0.1, 0.15) is 11.6 Å². The molecule has 0 radical (unpaired) electrons. The van der Waals surface area contributed by atoms with Crippen molar-refractivity contribution in [3.05, 3.63) is 76.6 Å². The van der Waals surface area contributed by atoms with Crippen LogP contribution < -0.4 is 0 Å². The Labute approximate surface area is 161 Å².